The van der Waals surface area contributed by atoms with Crippen molar-refractivity contribution in [2.24, 2.45) is 11.7 Å². The molecule has 1 aromatic carbocycles. The topological polar surface area (TPSA) is 83.6 Å². The van der Waals surface area contributed by atoms with Crippen LogP contribution in [-0.4, -0.2) is 42.5 Å². The molecule has 7 heteroatoms. The van der Waals surface area contributed by atoms with Crippen LogP contribution in [0.25, 0.3) is 0 Å². The Morgan fingerprint density at radius 3 is 2.81 bits per heavy atom. The van der Waals surface area contributed by atoms with Gasteiger partial charge in [0, 0.05) is 25.3 Å². The first kappa shape index (κ1) is 16.4. The van der Waals surface area contributed by atoms with Crippen molar-refractivity contribution in [1.82, 2.24) is 4.31 Å². The molecule has 116 valence electrons. The highest BCUT2D eigenvalue weighted by molar-refractivity contribution is 7.89. The molecule has 1 atom stereocenters. The maximum atomic E-state index is 12.7. The summed E-state index contributed by atoms with van der Waals surface area (Å²) in [6, 6.07) is 4.89. The number of hydrogen-bond donors (Lipinski definition) is 2. The minimum Gasteiger partial charge on any atom is -0.396 e. The van der Waals surface area contributed by atoms with E-state index in [0.717, 1.165) is 12.8 Å². The van der Waals surface area contributed by atoms with Gasteiger partial charge in [-0.15, -0.1) is 0 Å². The molecule has 21 heavy (non-hydrogen) atoms. The van der Waals surface area contributed by atoms with Crippen LogP contribution in [0.4, 0.5) is 0 Å². The van der Waals surface area contributed by atoms with E-state index in [1.54, 1.807) is 25.1 Å². The van der Waals surface area contributed by atoms with E-state index in [1.165, 1.54) is 4.31 Å². The van der Waals surface area contributed by atoms with E-state index in [-0.39, 0.29) is 22.4 Å². The quantitative estimate of drug-likeness (QED) is 0.806. The third kappa shape index (κ3) is 3.42. The third-order valence-electron chi connectivity index (χ3n) is 3.82. The van der Waals surface area contributed by atoms with Gasteiger partial charge < -0.3 is 10.8 Å². The summed E-state index contributed by atoms with van der Waals surface area (Å²) in [4.78, 5) is 0.529. The van der Waals surface area contributed by atoms with E-state index < -0.39 is 10.0 Å². The highest BCUT2D eigenvalue weighted by Crippen LogP contribution is 2.26. The first-order valence-corrected chi connectivity index (χ1v) is 8.72. The number of sulfonamides is 1. The zero-order valence-corrected chi connectivity index (χ0v) is 13.6. The van der Waals surface area contributed by atoms with Gasteiger partial charge in [0.15, 0.2) is 0 Å². The molecule has 3 N–H and O–H groups in total. The van der Waals surface area contributed by atoms with Gasteiger partial charge in [-0.05, 0) is 43.4 Å². The standard InChI is InChI=1S/C14H20N2O3S2/c1-10-7-12(14(15)20)4-5-13(10)21(18,19)16-6-2-3-11(8-16)9-17/h4-5,7,11,17H,2-3,6,8-9H2,1H3,(H2,15,20). The van der Waals surface area contributed by atoms with Crippen LogP contribution in [0.2, 0.25) is 0 Å². The molecular formula is C14H20N2O3S2. The van der Waals surface area contributed by atoms with Crippen molar-refractivity contribution < 1.29 is 13.5 Å². The summed E-state index contributed by atoms with van der Waals surface area (Å²) in [5.41, 5.74) is 6.86. The Balaban J connectivity index is 2.33. The number of aliphatic hydroxyl groups excluding tert-OH is 1. The van der Waals surface area contributed by atoms with E-state index in [0.29, 0.717) is 24.2 Å². The fourth-order valence-electron chi connectivity index (χ4n) is 2.63. The Labute approximate surface area is 130 Å². The molecule has 1 aliphatic rings. The molecule has 0 saturated carbocycles. The number of piperidine rings is 1. The van der Waals surface area contributed by atoms with E-state index in [1.807, 2.05) is 0 Å². The molecule has 0 bridgehead atoms. The molecule has 0 amide bonds. The van der Waals surface area contributed by atoms with E-state index in [2.05, 4.69) is 0 Å². The van der Waals surface area contributed by atoms with Crippen LogP contribution in [0, 0.1) is 12.8 Å². The predicted octanol–water partition coefficient (Wildman–Crippen LogP) is 1.02. The lowest BCUT2D eigenvalue weighted by Crippen LogP contribution is -2.41. The maximum absolute atomic E-state index is 12.7. The highest BCUT2D eigenvalue weighted by atomic mass is 32.2. The maximum Gasteiger partial charge on any atom is 0.243 e. The Bertz CT molecular complexity index is 644. The predicted molar refractivity (Wildman–Crippen MR) is 85.6 cm³/mol. The van der Waals surface area contributed by atoms with Gasteiger partial charge in [0.05, 0.1) is 4.90 Å². The Hall–Kier alpha value is -1.02. The van der Waals surface area contributed by atoms with Crippen molar-refractivity contribution >= 4 is 27.2 Å². The molecule has 0 spiro atoms. The van der Waals surface area contributed by atoms with Crippen molar-refractivity contribution in [2.75, 3.05) is 19.7 Å². The van der Waals surface area contributed by atoms with Crippen LogP contribution < -0.4 is 5.73 Å². The lowest BCUT2D eigenvalue weighted by Gasteiger charge is -2.31. The summed E-state index contributed by atoms with van der Waals surface area (Å²) in [6.45, 7) is 2.62. The molecule has 1 unspecified atom stereocenters. The Kier molecular flexibility index (Phi) is 4.98. The SMILES string of the molecule is Cc1cc(C(N)=S)ccc1S(=O)(=O)N1CCCC(CO)C1. The van der Waals surface area contributed by atoms with Crippen LogP contribution in [0.1, 0.15) is 24.0 Å². The normalized spacial score (nSPS) is 20.4. The highest BCUT2D eigenvalue weighted by Gasteiger charge is 2.30. The van der Waals surface area contributed by atoms with Crippen molar-refractivity contribution in [1.29, 1.82) is 0 Å². The molecule has 0 aliphatic carbocycles. The molecule has 1 aromatic rings. The molecule has 0 aromatic heterocycles. The summed E-state index contributed by atoms with van der Waals surface area (Å²) in [5.74, 6) is 0.0183. The van der Waals surface area contributed by atoms with E-state index in [9.17, 15) is 13.5 Å². The van der Waals surface area contributed by atoms with Crippen molar-refractivity contribution in [3.8, 4) is 0 Å². The number of benzene rings is 1. The molecule has 1 aliphatic heterocycles. The summed E-state index contributed by atoms with van der Waals surface area (Å²) in [6.07, 6.45) is 1.64. The smallest absolute Gasteiger partial charge is 0.243 e. The van der Waals surface area contributed by atoms with Gasteiger partial charge in [-0.25, -0.2) is 8.42 Å². The minimum absolute atomic E-state index is 0.0183. The van der Waals surface area contributed by atoms with Crippen LogP contribution in [0.15, 0.2) is 23.1 Å². The van der Waals surface area contributed by atoms with Gasteiger partial charge in [0.25, 0.3) is 0 Å². The summed E-state index contributed by atoms with van der Waals surface area (Å²) < 4.78 is 26.9. The van der Waals surface area contributed by atoms with Gasteiger partial charge >= 0.3 is 0 Å². The molecule has 1 heterocycles. The molecule has 1 saturated heterocycles. The number of rotatable bonds is 4. The van der Waals surface area contributed by atoms with Crippen molar-refractivity contribution in [2.45, 2.75) is 24.7 Å². The second kappa shape index (κ2) is 6.39. The zero-order chi connectivity index (χ0) is 15.6. The Morgan fingerprint density at radius 1 is 1.52 bits per heavy atom. The number of nitrogens with two attached hydrogens (primary N) is 1. The Morgan fingerprint density at radius 2 is 2.24 bits per heavy atom. The number of hydrogen-bond acceptors (Lipinski definition) is 4. The van der Waals surface area contributed by atoms with Crippen LogP contribution >= 0.6 is 12.2 Å². The molecule has 2 rings (SSSR count). The molecule has 0 radical (unpaired) electrons. The summed E-state index contributed by atoms with van der Waals surface area (Å²) in [5, 5.41) is 9.25. The molecule has 1 fully saturated rings. The average molecular weight is 328 g/mol. The zero-order valence-electron chi connectivity index (χ0n) is 11.9. The van der Waals surface area contributed by atoms with Gasteiger partial charge in [0.2, 0.25) is 10.0 Å². The molecular weight excluding hydrogens is 308 g/mol. The number of aryl methyl sites for hydroxylation is 1. The lowest BCUT2D eigenvalue weighted by molar-refractivity contribution is 0.165. The van der Waals surface area contributed by atoms with Crippen LogP contribution in [-0.2, 0) is 10.0 Å². The van der Waals surface area contributed by atoms with Gasteiger partial charge in [0.1, 0.15) is 4.99 Å². The van der Waals surface area contributed by atoms with Crippen molar-refractivity contribution in [3.05, 3.63) is 29.3 Å². The second-order valence-electron chi connectivity index (χ2n) is 5.40. The lowest BCUT2D eigenvalue weighted by atomic mass is 10.0. The third-order valence-corrected chi connectivity index (χ3v) is 6.08. The number of thiocarbonyl (C=S) groups is 1. The fraction of sp³-hybridized carbons (Fsp3) is 0.500. The number of nitrogens with zero attached hydrogens (tertiary/aromatic N) is 1. The summed E-state index contributed by atoms with van der Waals surface area (Å²) in [7, 11) is -3.54. The second-order valence-corrected chi connectivity index (χ2v) is 7.74. The minimum atomic E-state index is -3.54. The van der Waals surface area contributed by atoms with Crippen LogP contribution in [0.3, 0.4) is 0 Å². The van der Waals surface area contributed by atoms with Gasteiger partial charge in [-0.2, -0.15) is 4.31 Å². The average Bonchev–Trinajstić information content (AvgIpc) is 2.46. The van der Waals surface area contributed by atoms with Crippen molar-refractivity contribution in [3.63, 3.8) is 0 Å². The first-order chi connectivity index (χ1) is 9.86. The number of aliphatic hydroxyl groups is 1. The van der Waals surface area contributed by atoms with Gasteiger partial charge in [-0.1, -0.05) is 18.3 Å². The first-order valence-electron chi connectivity index (χ1n) is 6.87. The van der Waals surface area contributed by atoms with Gasteiger partial charge in [-0.3, -0.25) is 0 Å². The largest absolute Gasteiger partial charge is 0.396 e. The molecule has 5 nitrogen and oxygen atoms in total. The van der Waals surface area contributed by atoms with E-state index in [4.69, 9.17) is 18.0 Å². The fourth-order valence-corrected chi connectivity index (χ4v) is 4.51. The van der Waals surface area contributed by atoms with Crippen LogP contribution in [0.5, 0.6) is 0 Å². The van der Waals surface area contributed by atoms with E-state index >= 15 is 0 Å². The summed E-state index contributed by atoms with van der Waals surface area (Å²) >= 11 is 4.90. The monoisotopic (exact) mass is 328 g/mol.